The minimum absolute atomic E-state index is 0.320. The Morgan fingerprint density at radius 2 is 2.25 bits per heavy atom. The second-order valence-electron chi connectivity index (χ2n) is 2.17. The average molecular weight is 166 g/mol. The second-order valence-corrected chi connectivity index (χ2v) is 2.17. The number of nitrogen functional groups attached to an aromatic ring is 1. The average Bonchev–Trinajstić information content (AvgIpc) is 2.64. The van der Waals surface area contributed by atoms with Crippen LogP contribution in [0.1, 0.15) is 0 Å². The Morgan fingerprint density at radius 3 is 2.75 bits per heavy atom. The molecule has 2 aromatic rings. The highest BCUT2D eigenvalue weighted by molar-refractivity contribution is 5.22. The standard InChI is InChI=1S/C4H6N8/c1-11-3(5)7-8-4(11)12-2-6-9-10-12/h2H,1H3,(H2,5,7). The Bertz CT molecular complexity index is 372. The van der Waals surface area contributed by atoms with Gasteiger partial charge in [-0.2, -0.15) is 4.68 Å². The summed E-state index contributed by atoms with van der Waals surface area (Å²) in [5, 5.41) is 18.0. The molecule has 0 aliphatic rings. The quantitative estimate of drug-likeness (QED) is 0.546. The van der Waals surface area contributed by atoms with E-state index in [1.807, 2.05) is 0 Å². The molecule has 2 aromatic heterocycles. The fraction of sp³-hybridized carbons (Fsp3) is 0.250. The van der Waals surface area contributed by atoms with E-state index in [4.69, 9.17) is 5.73 Å². The maximum atomic E-state index is 5.45. The molecule has 2 heterocycles. The predicted molar refractivity (Wildman–Crippen MR) is 38.1 cm³/mol. The summed E-state index contributed by atoms with van der Waals surface area (Å²) in [7, 11) is 1.73. The first-order valence-corrected chi connectivity index (χ1v) is 3.17. The first-order valence-electron chi connectivity index (χ1n) is 3.17. The number of nitrogens with zero attached hydrogens (tertiary/aromatic N) is 7. The summed E-state index contributed by atoms with van der Waals surface area (Å²) in [5.41, 5.74) is 5.45. The summed E-state index contributed by atoms with van der Waals surface area (Å²) in [5.74, 6) is 0.804. The number of nitrogens with two attached hydrogens (primary N) is 1. The number of rotatable bonds is 1. The number of hydrogen-bond donors (Lipinski definition) is 1. The van der Waals surface area contributed by atoms with Gasteiger partial charge in [0, 0.05) is 7.05 Å². The molecule has 0 fully saturated rings. The Morgan fingerprint density at radius 1 is 1.42 bits per heavy atom. The smallest absolute Gasteiger partial charge is 0.256 e. The minimum atomic E-state index is 0.320. The molecule has 2 rings (SSSR count). The molecule has 0 aromatic carbocycles. The van der Waals surface area contributed by atoms with Crippen LogP contribution in [0, 0.1) is 0 Å². The summed E-state index contributed by atoms with van der Waals surface area (Å²) in [6.45, 7) is 0. The van der Waals surface area contributed by atoms with Gasteiger partial charge < -0.3 is 5.73 Å². The lowest BCUT2D eigenvalue weighted by molar-refractivity contribution is 0.712. The summed E-state index contributed by atoms with van der Waals surface area (Å²) in [6, 6.07) is 0. The van der Waals surface area contributed by atoms with Crippen LogP contribution in [0.15, 0.2) is 6.33 Å². The summed E-state index contributed by atoms with van der Waals surface area (Å²) >= 11 is 0. The summed E-state index contributed by atoms with van der Waals surface area (Å²) in [4.78, 5) is 0. The van der Waals surface area contributed by atoms with Crippen molar-refractivity contribution in [1.29, 1.82) is 0 Å². The Labute approximate surface area is 67.0 Å². The lowest BCUT2D eigenvalue weighted by Gasteiger charge is -1.96. The van der Waals surface area contributed by atoms with Crippen molar-refractivity contribution in [1.82, 2.24) is 35.0 Å². The topological polar surface area (TPSA) is 100 Å². The van der Waals surface area contributed by atoms with Crippen LogP contribution in [0.4, 0.5) is 5.95 Å². The van der Waals surface area contributed by atoms with E-state index in [0.29, 0.717) is 11.9 Å². The van der Waals surface area contributed by atoms with Gasteiger partial charge in [-0.25, -0.2) is 0 Å². The highest BCUT2D eigenvalue weighted by atomic mass is 15.6. The number of tetrazole rings is 1. The molecule has 0 atom stereocenters. The molecule has 0 radical (unpaired) electrons. The molecule has 0 unspecified atom stereocenters. The van der Waals surface area contributed by atoms with Crippen LogP contribution in [0.5, 0.6) is 0 Å². The van der Waals surface area contributed by atoms with Crippen LogP contribution in [0.25, 0.3) is 5.95 Å². The lowest BCUT2D eigenvalue weighted by Crippen LogP contribution is -2.05. The van der Waals surface area contributed by atoms with Crippen LogP contribution < -0.4 is 5.73 Å². The van der Waals surface area contributed by atoms with E-state index in [-0.39, 0.29) is 0 Å². The fourth-order valence-electron chi connectivity index (χ4n) is 0.785. The van der Waals surface area contributed by atoms with Crippen molar-refractivity contribution in [2.45, 2.75) is 0 Å². The van der Waals surface area contributed by atoms with E-state index in [9.17, 15) is 0 Å². The number of aromatic nitrogens is 7. The molecule has 0 saturated heterocycles. The van der Waals surface area contributed by atoms with Gasteiger partial charge in [-0.05, 0) is 10.4 Å². The molecule has 0 saturated carbocycles. The molecule has 8 nitrogen and oxygen atoms in total. The molecule has 0 amide bonds. The Balaban J connectivity index is 2.55. The van der Waals surface area contributed by atoms with Crippen molar-refractivity contribution >= 4 is 5.95 Å². The zero-order chi connectivity index (χ0) is 8.55. The first-order chi connectivity index (χ1) is 5.79. The van der Waals surface area contributed by atoms with Gasteiger partial charge in [0.15, 0.2) is 0 Å². The lowest BCUT2D eigenvalue weighted by atomic mass is 10.9. The Hall–Kier alpha value is -1.99. The van der Waals surface area contributed by atoms with Crippen LogP contribution >= 0.6 is 0 Å². The molecular weight excluding hydrogens is 160 g/mol. The van der Waals surface area contributed by atoms with Gasteiger partial charge >= 0.3 is 0 Å². The second kappa shape index (κ2) is 2.26. The molecule has 0 spiro atoms. The van der Waals surface area contributed by atoms with E-state index in [2.05, 4.69) is 25.7 Å². The highest BCUT2D eigenvalue weighted by Gasteiger charge is 2.07. The van der Waals surface area contributed by atoms with Gasteiger partial charge in [0.25, 0.3) is 5.95 Å². The van der Waals surface area contributed by atoms with E-state index in [0.717, 1.165) is 0 Å². The zero-order valence-electron chi connectivity index (χ0n) is 6.29. The van der Waals surface area contributed by atoms with Crippen molar-refractivity contribution in [2.75, 3.05) is 5.73 Å². The number of anilines is 1. The molecule has 62 valence electrons. The van der Waals surface area contributed by atoms with Gasteiger partial charge in [-0.3, -0.25) is 4.57 Å². The van der Waals surface area contributed by atoms with Crippen molar-refractivity contribution in [2.24, 2.45) is 7.05 Å². The maximum Gasteiger partial charge on any atom is 0.256 e. The Kier molecular flexibility index (Phi) is 1.26. The van der Waals surface area contributed by atoms with E-state index >= 15 is 0 Å². The molecule has 0 bridgehead atoms. The molecule has 8 heteroatoms. The number of hydrogen-bond acceptors (Lipinski definition) is 6. The minimum Gasteiger partial charge on any atom is -0.368 e. The molecule has 2 N–H and O–H groups in total. The summed E-state index contributed by atoms with van der Waals surface area (Å²) < 4.78 is 2.96. The first kappa shape index (κ1) is 6.70. The van der Waals surface area contributed by atoms with Crippen LogP contribution in [0.2, 0.25) is 0 Å². The van der Waals surface area contributed by atoms with Gasteiger partial charge in [-0.15, -0.1) is 15.3 Å². The van der Waals surface area contributed by atoms with E-state index in [1.54, 1.807) is 11.6 Å². The van der Waals surface area contributed by atoms with Crippen molar-refractivity contribution in [3.8, 4) is 5.95 Å². The van der Waals surface area contributed by atoms with Gasteiger partial charge in [0.1, 0.15) is 6.33 Å². The highest BCUT2D eigenvalue weighted by Crippen LogP contribution is 2.02. The summed E-state index contributed by atoms with van der Waals surface area (Å²) in [6.07, 6.45) is 1.42. The monoisotopic (exact) mass is 166 g/mol. The normalized spacial score (nSPS) is 10.4. The van der Waals surface area contributed by atoms with Crippen molar-refractivity contribution < 1.29 is 0 Å². The van der Waals surface area contributed by atoms with Gasteiger partial charge in [0.05, 0.1) is 0 Å². The fourth-order valence-corrected chi connectivity index (χ4v) is 0.785. The third-order valence-corrected chi connectivity index (χ3v) is 1.44. The van der Waals surface area contributed by atoms with Crippen LogP contribution in [-0.4, -0.2) is 35.0 Å². The van der Waals surface area contributed by atoms with Crippen LogP contribution in [0.3, 0.4) is 0 Å². The molecular formula is C4H6N8. The van der Waals surface area contributed by atoms with E-state index in [1.165, 1.54) is 11.0 Å². The third kappa shape index (κ3) is 0.813. The van der Waals surface area contributed by atoms with Gasteiger partial charge in [-0.1, -0.05) is 0 Å². The van der Waals surface area contributed by atoms with Crippen molar-refractivity contribution in [3.05, 3.63) is 6.33 Å². The zero-order valence-corrected chi connectivity index (χ0v) is 6.29. The molecule has 0 aliphatic heterocycles. The predicted octanol–water partition coefficient (Wildman–Crippen LogP) is -1.63. The molecule has 12 heavy (non-hydrogen) atoms. The molecule has 0 aliphatic carbocycles. The third-order valence-electron chi connectivity index (χ3n) is 1.44. The maximum absolute atomic E-state index is 5.45. The van der Waals surface area contributed by atoms with Gasteiger partial charge in [0.2, 0.25) is 5.95 Å². The SMILES string of the molecule is Cn1c(N)nnc1-n1cnnn1. The van der Waals surface area contributed by atoms with E-state index < -0.39 is 0 Å². The van der Waals surface area contributed by atoms with Crippen molar-refractivity contribution in [3.63, 3.8) is 0 Å². The van der Waals surface area contributed by atoms with Crippen LogP contribution in [-0.2, 0) is 7.05 Å². The largest absolute Gasteiger partial charge is 0.368 e.